The van der Waals surface area contributed by atoms with E-state index in [-0.39, 0.29) is 18.0 Å². The van der Waals surface area contributed by atoms with E-state index >= 15 is 0 Å². The highest BCUT2D eigenvalue weighted by Gasteiger charge is 2.28. The molecule has 1 aliphatic heterocycles. The van der Waals surface area contributed by atoms with E-state index in [4.69, 9.17) is 11.6 Å². The van der Waals surface area contributed by atoms with Crippen LogP contribution in [0.5, 0.6) is 0 Å². The Kier molecular flexibility index (Phi) is 5.98. The van der Waals surface area contributed by atoms with Gasteiger partial charge in [-0.1, -0.05) is 35.9 Å². The van der Waals surface area contributed by atoms with Crippen molar-refractivity contribution in [2.75, 3.05) is 32.5 Å². The second-order valence-electron chi connectivity index (χ2n) is 6.77. The minimum atomic E-state index is -0.276. The summed E-state index contributed by atoms with van der Waals surface area (Å²) in [5.74, 6) is 0.109. The minimum Gasteiger partial charge on any atom is -0.336 e. The molecule has 0 saturated carbocycles. The first kappa shape index (κ1) is 19.2. The molecule has 0 aliphatic carbocycles. The van der Waals surface area contributed by atoms with E-state index in [0.29, 0.717) is 23.8 Å². The number of hydrogen-bond donors (Lipinski definition) is 2. The Morgan fingerprint density at radius 3 is 2.44 bits per heavy atom. The molecule has 27 heavy (non-hydrogen) atoms. The van der Waals surface area contributed by atoms with Crippen LogP contribution in [0.1, 0.15) is 17.2 Å². The van der Waals surface area contributed by atoms with E-state index in [2.05, 4.69) is 10.6 Å². The summed E-state index contributed by atoms with van der Waals surface area (Å²) in [4.78, 5) is 27.9. The van der Waals surface area contributed by atoms with Crippen molar-refractivity contribution in [1.29, 1.82) is 0 Å². The predicted octanol–water partition coefficient (Wildman–Crippen LogP) is 3.11. The fourth-order valence-electron chi connectivity index (χ4n) is 3.08. The third-order valence-electron chi connectivity index (χ3n) is 4.67. The second-order valence-corrected chi connectivity index (χ2v) is 7.21. The molecular formula is C20H23ClN4O2. The summed E-state index contributed by atoms with van der Waals surface area (Å²) in [6, 6.07) is 14.7. The first-order valence-corrected chi connectivity index (χ1v) is 9.13. The molecule has 1 aliphatic rings. The molecule has 2 aromatic rings. The molecule has 1 atom stereocenters. The van der Waals surface area contributed by atoms with Gasteiger partial charge < -0.3 is 15.5 Å². The normalized spacial score (nSPS) is 17.7. The monoisotopic (exact) mass is 386 g/mol. The Labute approximate surface area is 164 Å². The lowest BCUT2D eigenvalue weighted by Gasteiger charge is -2.37. The van der Waals surface area contributed by atoms with Gasteiger partial charge in [-0.05, 0) is 42.4 Å². The Bertz CT molecular complexity index is 808. The molecule has 0 spiro atoms. The number of hydrogen-bond acceptors (Lipinski definition) is 3. The van der Waals surface area contributed by atoms with Gasteiger partial charge in [-0.3, -0.25) is 9.69 Å². The molecule has 2 aromatic carbocycles. The van der Waals surface area contributed by atoms with Gasteiger partial charge in [0, 0.05) is 30.8 Å². The smallest absolute Gasteiger partial charge is 0.319 e. The van der Waals surface area contributed by atoms with Gasteiger partial charge >= 0.3 is 6.03 Å². The number of halogens is 1. The van der Waals surface area contributed by atoms with Gasteiger partial charge in [-0.15, -0.1) is 0 Å². The lowest BCUT2D eigenvalue weighted by molar-refractivity contribution is -0.137. The van der Waals surface area contributed by atoms with Crippen LogP contribution >= 0.6 is 11.6 Å². The number of nitrogens with one attached hydrogen (secondary N) is 2. The highest BCUT2D eigenvalue weighted by molar-refractivity contribution is 6.30. The first-order chi connectivity index (χ1) is 12.9. The Morgan fingerprint density at radius 2 is 1.78 bits per heavy atom. The lowest BCUT2D eigenvalue weighted by Crippen LogP contribution is -2.48. The molecule has 0 radical (unpaired) electrons. The first-order valence-electron chi connectivity index (χ1n) is 8.76. The van der Waals surface area contributed by atoms with Crippen LogP contribution in [-0.4, -0.2) is 48.9 Å². The van der Waals surface area contributed by atoms with Crippen molar-refractivity contribution in [2.24, 2.45) is 0 Å². The highest BCUT2D eigenvalue weighted by atomic mass is 35.5. The van der Waals surface area contributed by atoms with Crippen LogP contribution in [0.3, 0.4) is 0 Å². The van der Waals surface area contributed by atoms with Gasteiger partial charge in [-0.2, -0.15) is 0 Å². The number of anilines is 1. The van der Waals surface area contributed by atoms with Crippen LogP contribution in [-0.2, 0) is 11.3 Å². The summed E-state index contributed by atoms with van der Waals surface area (Å²) in [7, 11) is 3.77. The molecule has 1 saturated heterocycles. The van der Waals surface area contributed by atoms with E-state index in [1.807, 2.05) is 55.4 Å². The molecule has 1 fully saturated rings. The molecule has 2 N–H and O–H groups in total. The third-order valence-corrected chi connectivity index (χ3v) is 4.92. The van der Waals surface area contributed by atoms with Crippen LogP contribution in [0.2, 0.25) is 5.02 Å². The van der Waals surface area contributed by atoms with E-state index < -0.39 is 0 Å². The molecule has 0 unspecified atom stereocenters. The number of carbonyl (C=O) groups excluding carboxylic acids is 2. The Balaban J connectivity index is 1.56. The summed E-state index contributed by atoms with van der Waals surface area (Å²) < 4.78 is 0. The fraction of sp³-hybridized carbons (Fsp3) is 0.300. The van der Waals surface area contributed by atoms with Gasteiger partial charge in [0.2, 0.25) is 5.91 Å². The molecule has 3 rings (SSSR count). The fourth-order valence-corrected chi connectivity index (χ4v) is 3.20. The molecule has 6 nitrogen and oxygen atoms in total. The van der Waals surface area contributed by atoms with Crippen molar-refractivity contribution in [3.05, 3.63) is 64.7 Å². The maximum absolute atomic E-state index is 12.1. The second kappa shape index (κ2) is 8.41. The summed E-state index contributed by atoms with van der Waals surface area (Å²) >= 11 is 5.85. The molecule has 7 heteroatoms. The predicted molar refractivity (Wildman–Crippen MR) is 107 cm³/mol. The molecule has 0 aromatic heterocycles. The summed E-state index contributed by atoms with van der Waals surface area (Å²) in [6.07, 6.45) is 0. The van der Waals surface area contributed by atoms with Gasteiger partial charge in [0.05, 0.1) is 12.6 Å². The van der Waals surface area contributed by atoms with Crippen molar-refractivity contribution in [1.82, 2.24) is 15.1 Å². The van der Waals surface area contributed by atoms with Gasteiger partial charge in [0.15, 0.2) is 0 Å². The molecular weight excluding hydrogens is 364 g/mol. The summed E-state index contributed by atoms with van der Waals surface area (Å²) in [5.41, 5.74) is 2.72. The van der Waals surface area contributed by atoms with Crippen LogP contribution in [0.4, 0.5) is 10.5 Å². The standard InChI is InChI=1S/C20H23ClN4O2/c1-24-12-18(25(2)19(26)13-24)15-5-9-17(10-6-15)23-20(27)22-11-14-3-7-16(21)8-4-14/h3-10,18H,11-13H2,1-2H3,(H2,22,23,27)/t18-/m0/s1. The summed E-state index contributed by atoms with van der Waals surface area (Å²) in [5, 5.41) is 6.29. The maximum atomic E-state index is 12.1. The average Bonchev–Trinajstić information content (AvgIpc) is 2.65. The molecule has 3 amide bonds. The number of carbonyl (C=O) groups is 2. The van der Waals surface area contributed by atoms with Gasteiger partial charge in [0.25, 0.3) is 0 Å². The summed E-state index contributed by atoms with van der Waals surface area (Å²) in [6.45, 7) is 1.65. The zero-order valence-corrected chi connectivity index (χ0v) is 16.2. The van der Waals surface area contributed by atoms with E-state index in [1.54, 1.807) is 17.0 Å². The van der Waals surface area contributed by atoms with Gasteiger partial charge in [0.1, 0.15) is 0 Å². The highest BCUT2D eigenvalue weighted by Crippen LogP contribution is 2.25. The zero-order valence-electron chi connectivity index (χ0n) is 15.4. The van der Waals surface area contributed by atoms with Gasteiger partial charge in [-0.25, -0.2) is 4.79 Å². The lowest BCUT2D eigenvalue weighted by atomic mass is 10.0. The zero-order chi connectivity index (χ0) is 19.4. The SMILES string of the molecule is CN1CC(=O)N(C)[C@H](c2ccc(NC(=O)NCc3ccc(Cl)cc3)cc2)C1. The van der Waals surface area contributed by atoms with Crippen molar-refractivity contribution in [3.63, 3.8) is 0 Å². The molecule has 142 valence electrons. The van der Waals surface area contributed by atoms with Crippen LogP contribution < -0.4 is 10.6 Å². The largest absolute Gasteiger partial charge is 0.336 e. The van der Waals surface area contributed by atoms with E-state index in [1.165, 1.54) is 0 Å². The number of likely N-dealkylation sites (N-methyl/N-ethyl adjacent to an activating group) is 2. The number of nitrogens with zero attached hydrogens (tertiary/aromatic N) is 2. The Morgan fingerprint density at radius 1 is 1.11 bits per heavy atom. The van der Waals surface area contributed by atoms with Crippen LogP contribution in [0.25, 0.3) is 0 Å². The van der Waals surface area contributed by atoms with Crippen molar-refractivity contribution in [2.45, 2.75) is 12.6 Å². The topological polar surface area (TPSA) is 64.7 Å². The van der Waals surface area contributed by atoms with E-state index in [9.17, 15) is 9.59 Å². The van der Waals surface area contributed by atoms with Crippen molar-refractivity contribution in [3.8, 4) is 0 Å². The molecule has 1 heterocycles. The number of urea groups is 1. The number of rotatable bonds is 4. The average molecular weight is 387 g/mol. The molecule has 0 bridgehead atoms. The number of piperazine rings is 1. The van der Waals surface area contributed by atoms with Crippen molar-refractivity contribution < 1.29 is 9.59 Å². The quantitative estimate of drug-likeness (QED) is 0.848. The van der Waals surface area contributed by atoms with Crippen molar-refractivity contribution >= 4 is 29.2 Å². The maximum Gasteiger partial charge on any atom is 0.319 e. The van der Waals surface area contributed by atoms with Crippen LogP contribution in [0, 0.1) is 0 Å². The minimum absolute atomic E-state index is 0.0176. The van der Waals surface area contributed by atoms with E-state index in [0.717, 1.165) is 17.7 Å². The Hall–Kier alpha value is -2.57. The number of benzene rings is 2. The number of amides is 3. The third kappa shape index (κ3) is 4.99. The van der Waals surface area contributed by atoms with Crippen LogP contribution in [0.15, 0.2) is 48.5 Å².